The molecule has 0 bridgehead atoms. The summed E-state index contributed by atoms with van der Waals surface area (Å²) in [7, 11) is 1.59. The highest BCUT2D eigenvalue weighted by Crippen LogP contribution is 2.15. The van der Waals surface area contributed by atoms with Crippen LogP contribution in [0.25, 0.3) is 11.1 Å². The summed E-state index contributed by atoms with van der Waals surface area (Å²) < 4.78 is 5.17. The standard InChI is InChI=1S/C12H12N2O3/c1-8(15)12(16)14(2)6-9-3-4-10-11(5-9)17-7-13-10/h3-5,7H,6H2,1-2H3. The van der Waals surface area contributed by atoms with E-state index in [1.165, 1.54) is 18.2 Å². The fourth-order valence-corrected chi connectivity index (χ4v) is 1.61. The lowest BCUT2D eigenvalue weighted by atomic mass is 10.2. The van der Waals surface area contributed by atoms with E-state index in [0.29, 0.717) is 12.1 Å². The maximum absolute atomic E-state index is 11.4. The van der Waals surface area contributed by atoms with Gasteiger partial charge in [-0.25, -0.2) is 4.98 Å². The summed E-state index contributed by atoms with van der Waals surface area (Å²) in [5.41, 5.74) is 2.34. The highest BCUT2D eigenvalue weighted by atomic mass is 16.3. The molecule has 0 saturated carbocycles. The number of fused-ring (bicyclic) bond motifs is 1. The first-order valence-electron chi connectivity index (χ1n) is 5.16. The summed E-state index contributed by atoms with van der Waals surface area (Å²) in [5, 5.41) is 0. The van der Waals surface area contributed by atoms with E-state index in [4.69, 9.17) is 4.42 Å². The van der Waals surface area contributed by atoms with E-state index in [9.17, 15) is 9.59 Å². The van der Waals surface area contributed by atoms with E-state index in [0.717, 1.165) is 11.1 Å². The van der Waals surface area contributed by atoms with Gasteiger partial charge in [0.15, 0.2) is 12.0 Å². The number of ketones is 1. The molecule has 1 heterocycles. The third-order valence-corrected chi connectivity index (χ3v) is 2.46. The van der Waals surface area contributed by atoms with Gasteiger partial charge in [-0.2, -0.15) is 0 Å². The highest BCUT2D eigenvalue weighted by molar-refractivity contribution is 6.34. The molecule has 0 fully saturated rings. The third kappa shape index (κ3) is 2.33. The minimum atomic E-state index is -0.498. The Morgan fingerprint density at radius 1 is 1.41 bits per heavy atom. The molecule has 1 amide bonds. The molecule has 17 heavy (non-hydrogen) atoms. The van der Waals surface area contributed by atoms with Crippen molar-refractivity contribution in [3.63, 3.8) is 0 Å². The van der Waals surface area contributed by atoms with Gasteiger partial charge in [0.05, 0.1) is 0 Å². The number of hydrogen-bond donors (Lipinski definition) is 0. The Bertz CT molecular complexity index is 574. The van der Waals surface area contributed by atoms with Crippen LogP contribution >= 0.6 is 0 Å². The van der Waals surface area contributed by atoms with Crippen molar-refractivity contribution in [1.29, 1.82) is 0 Å². The number of amides is 1. The Morgan fingerprint density at radius 2 is 2.18 bits per heavy atom. The summed E-state index contributed by atoms with van der Waals surface area (Å²) in [6, 6.07) is 5.49. The van der Waals surface area contributed by atoms with Crippen molar-refractivity contribution >= 4 is 22.8 Å². The molecule has 0 aliphatic rings. The Morgan fingerprint density at radius 3 is 2.88 bits per heavy atom. The van der Waals surface area contributed by atoms with Crippen LogP contribution in [0.3, 0.4) is 0 Å². The fraction of sp³-hybridized carbons (Fsp3) is 0.250. The number of hydrogen-bond acceptors (Lipinski definition) is 4. The molecule has 0 atom stereocenters. The van der Waals surface area contributed by atoms with Crippen molar-refractivity contribution in [2.24, 2.45) is 0 Å². The van der Waals surface area contributed by atoms with Gasteiger partial charge in [0.2, 0.25) is 5.78 Å². The largest absolute Gasteiger partial charge is 0.443 e. The van der Waals surface area contributed by atoms with Gasteiger partial charge in [0.1, 0.15) is 5.52 Å². The average molecular weight is 232 g/mol. The molecule has 0 radical (unpaired) electrons. The average Bonchev–Trinajstić information content (AvgIpc) is 2.74. The van der Waals surface area contributed by atoms with Crippen molar-refractivity contribution in [3.8, 4) is 0 Å². The van der Waals surface area contributed by atoms with E-state index in [1.807, 2.05) is 18.2 Å². The predicted molar refractivity (Wildman–Crippen MR) is 61.2 cm³/mol. The van der Waals surface area contributed by atoms with Gasteiger partial charge in [-0.1, -0.05) is 6.07 Å². The number of aromatic nitrogens is 1. The first-order valence-corrected chi connectivity index (χ1v) is 5.16. The van der Waals surface area contributed by atoms with Crippen LogP contribution in [-0.4, -0.2) is 28.6 Å². The zero-order valence-corrected chi connectivity index (χ0v) is 9.64. The van der Waals surface area contributed by atoms with Gasteiger partial charge in [-0.3, -0.25) is 9.59 Å². The van der Waals surface area contributed by atoms with Crippen LogP contribution in [0.2, 0.25) is 0 Å². The van der Waals surface area contributed by atoms with Crippen molar-refractivity contribution < 1.29 is 14.0 Å². The minimum Gasteiger partial charge on any atom is -0.443 e. The third-order valence-electron chi connectivity index (χ3n) is 2.46. The van der Waals surface area contributed by atoms with E-state index >= 15 is 0 Å². The van der Waals surface area contributed by atoms with Crippen LogP contribution in [0.15, 0.2) is 29.0 Å². The van der Waals surface area contributed by atoms with E-state index in [2.05, 4.69) is 4.98 Å². The molecule has 2 aromatic rings. The zero-order valence-electron chi connectivity index (χ0n) is 9.64. The second-order valence-electron chi connectivity index (χ2n) is 3.87. The van der Waals surface area contributed by atoms with Crippen LogP contribution < -0.4 is 0 Å². The number of Topliss-reactive ketones (excluding diaryl/α,β-unsaturated/α-hetero) is 1. The Labute approximate surface area is 98.0 Å². The molecule has 0 unspecified atom stereocenters. The molecule has 0 N–H and O–H groups in total. The number of benzene rings is 1. The van der Waals surface area contributed by atoms with Gasteiger partial charge >= 0.3 is 0 Å². The lowest BCUT2D eigenvalue weighted by Gasteiger charge is -2.15. The molecule has 0 aliphatic heterocycles. The molecule has 2 rings (SSSR count). The molecule has 5 heteroatoms. The molecule has 0 spiro atoms. The quantitative estimate of drug-likeness (QED) is 0.750. The van der Waals surface area contributed by atoms with Crippen LogP contribution in [0.4, 0.5) is 0 Å². The van der Waals surface area contributed by atoms with Crippen LogP contribution in [-0.2, 0) is 16.1 Å². The number of likely N-dealkylation sites (N-methyl/N-ethyl adjacent to an activating group) is 1. The first kappa shape index (κ1) is 11.3. The molecule has 0 saturated heterocycles. The minimum absolute atomic E-state index is 0.370. The van der Waals surface area contributed by atoms with Gasteiger partial charge in [0, 0.05) is 20.5 Å². The molecular weight excluding hydrogens is 220 g/mol. The van der Waals surface area contributed by atoms with E-state index in [1.54, 1.807) is 7.05 Å². The maximum atomic E-state index is 11.4. The molecule has 1 aromatic heterocycles. The molecule has 88 valence electrons. The number of carbonyl (C=O) groups excluding carboxylic acids is 2. The van der Waals surface area contributed by atoms with Crippen molar-refractivity contribution in [2.45, 2.75) is 13.5 Å². The molecule has 1 aromatic carbocycles. The number of rotatable bonds is 3. The highest BCUT2D eigenvalue weighted by Gasteiger charge is 2.14. The number of carbonyl (C=O) groups is 2. The van der Waals surface area contributed by atoms with Gasteiger partial charge in [-0.05, 0) is 17.7 Å². The Kier molecular flexibility index (Phi) is 2.91. The van der Waals surface area contributed by atoms with Crippen molar-refractivity contribution in [3.05, 3.63) is 30.2 Å². The van der Waals surface area contributed by atoms with Crippen LogP contribution in [0.5, 0.6) is 0 Å². The smallest absolute Gasteiger partial charge is 0.289 e. The maximum Gasteiger partial charge on any atom is 0.289 e. The molecule has 5 nitrogen and oxygen atoms in total. The summed E-state index contributed by atoms with van der Waals surface area (Å²) in [6.07, 6.45) is 1.37. The topological polar surface area (TPSA) is 63.4 Å². The predicted octanol–water partition coefficient (Wildman–Crippen LogP) is 1.38. The Hall–Kier alpha value is -2.17. The van der Waals surface area contributed by atoms with E-state index in [-0.39, 0.29) is 0 Å². The second-order valence-corrected chi connectivity index (χ2v) is 3.87. The summed E-state index contributed by atoms with van der Waals surface area (Å²) >= 11 is 0. The monoisotopic (exact) mass is 232 g/mol. The zero-order chi connectivity index (χ0) is 12.4. The summed E-state index contributed by atoms with van der Waals surface area (Å²) in [5.74, 6) is -0.962. The normalized spacial score (nSPS) is 10.5. The molecular formula is C12H12N2O3. The number of nitrogens with zero attached hydrogens (tertiary/aromatic N) is 2. The number of oxazole rings is 1. The SMILES string of the molecule is CC(=O)C(=O)N(C)Cc1ccc2ncoc2c1. The summed E-state index contributed by atoms with van der Waals surface area (Å²) in [6.45, 7) is 1.63. The van der Waals surface area contributed by atoms with E-state index < -0.39 is 11.7 Å². The lowest BCUT2D eigenvalue weighted by molar-refractivity contribution is -0.143. The lowest BCUT2D eigenvalue weighted by Crippen LogP contribution is -2.31. The molecule has 0 aliphatic carbocycles. The van der Waals surface area contributed by atoms with Gasteiger partial charge < -0.3 is 9.32 Å². The van der Waals surface area contributed by atoms with Crippen LogP contribution in [0.1, 0.15) is 12.5 Å². The van der Waals surface area contributed by atoms with Crippen molar-refractivity contribution in [1.82, 2.24) is 9.88 Å². The second kappa shape index (κ2) is 4.37. The van der Waals surface area contributed by atoms with Crippen molar-refractivity contribution in [2.75, 3.05) is 7.05 Å². The fourth-order valence-electron chi connectivity index (χ4n) is 1.61. The van der Waals surface area contributed by atoms with Crippen LogP contribution in [0, 0.1) is 0 Å². The Balaban J connectivity index is 2.17. The van der Waals surface area contributed by atoms with Gasteiger partial charge in [0.25, 0.3) is 5.91 Å². The van der Waals surface area contributed by atoms with Gasteiger partial charge in [-0.15, -0.1) is 0 Å². The first-order chi connectivity index (χ1) is 8.08. The summed E-state index contributed by atoms with van der Waals surface area (Å²) in [4.78, 5) is 27.7.